The largest absolute Gasteiger partial charge is 0.351 e. The molecule has 0 saturated carbocycles. The van der Waals surface area contributed by atoms with Crippen LogP contribution in [0.2, 0.25) is 0 Å². The molecule has 1 fully saturated rings. The van der Waals surface area contributed by atoms with Crippen LogP contribution in [0.1, 0.15) is 15.9 Å². The van der Waals surface area contributed by atoms with Gasteiger partial charge < -0.3 is 5.32 Å². The minimum Gasteiger partial charge on any atom is -0.351 e. The van der Waals surface area contributed by atoms with E-state index in [0.29, 0.717) is 18.0 Å². The van der Waals surface area contributed by atoms with E-state index in [1.54, 1.807) is 0 Å². The van der Waals surface area contributed by atoms with E-state index in [4.69, 9.17) is 11.6 Å². The smallest absolute Gasteiger partial charge is 0.251 e. The number of hydrogen-bond donors (Lipinski definition) is 1. The van der Waals surface area contributed by atoms with E-state index in [0.717, 1.165) is 25.2 Å². The van der Waals surface area contributed by atoms with Gasteiger partial charge in [-0.2, -0.15) is 11.8 Å². The molecule has 1 heterocycles. The minimum absolute atomic E-state index is 0.0154. The average Bonchev–Trinajstić information content (AvgIpc) is 2.48. The molecule has 0 aliphatic carbocycles. The first-order valence-corrected chi connectivity index (χ1v) is 8.22. The maximum absolute atomic E-state index is 12.0. The maximum Gasteiger partial charge on any atom is 0.251 e. The van der Waals surface area contributed by atoms with Crippen LogP contribution in [0.4, 0.5) is 0 Å². The number of nitrogens with zero attached hydrogens (tertiary/aromatic N) is 1. The van der Waals surface area contributed by atoms with Crippen LogP contribution in [-0.2, 0) is 5.88 Å². The first-order valence-electron chi connectivity index (χ1n) is 6.53. The van der Waals surface area contributed by atoms with Crippen molar-refractivity contribution < 1.29 is 4.79 Å². The fraction of sp³-hybridized carbons (Fsp3) is 0.500. The Morgan fingerprint density at radius 3 is 2.89 bits per heavy atom. The summed E-state index contributed by atoms with van der Waals surface area (Å²) in [4.78, 5) is 14.4. The third-order valence-electron chi connectivity index (χ3n) is 3.16. The number of halogens is 1. The maximum atomic E-state index is 12.0. The number of alkyl halides is 1. The van der Waals surface area contributed by atoms with E-state index in [1.807, 2.05) is 36.0 Å². The van der Waals surface area contributed by atoms with Crippen LogP contribution in [0, 0.1) is 0 Å². The van der Waals surface area contributed by atoms with Gasteiger partial charge in [0.2, 0.25) is 0 Å². The van der Waals surface area contributed by atoms with Gasteiger partial charge in [-0.3, -0.25) is 9.69 Å². The van der Waals surface area contributed by atoms with Crippen molar-refractivity contribution in [3.05, 3.63) is 35.4 Å². The van der Waals surface area contributed by atoms with Crippen molar-refractivity contribution in [3.63, 3.8) is 0 Å². The monoisotopic (exact) mass is 298 g/mol. The predicted octanol–water partition coefficient (Wildman–Crippen LogP) is 2.20. The molecule has 0 unspecified atom stereocenters. The molecule has 104 valence electrons. The Morgan fingerprint density at radius 1 is 1.37 bits per heavy atom. The van der Waals surface area contributed by atoms with Gasteiger partial charge in [0.15, 0.2) is 0 Å². The lowest BCUT2D eigenvalue weighted by molar-refractivity contribution is 0.0949. The highest BCUT2D eigenvalue weighted by atomic mass is 35.5. The second-order valence-corrected chi connectivity index (χ2v) is 6.04. The molecular formula is C14H19ClN2OS. The summed E-state index contributed by atoms with van der Waals surface area (Å²) in [5, 5.41) is 2.97. The predicted molar refractivity (Wildman–Crippen MR) is 82.1 cm³/mol. The lowest BCUT2D eigenvalue weighted by Gasteiger charge is -2.26. The van der Waals surface area contributed by atoms with Crippen LogP contribution < -0.4 is 5.32 Å². The second-order valence-electron chi connectivity index (χ2n) is 4.54. The lowest BCUT2D eigenvalue weighted by atomic mass is 10.1. The van der Waals surface area contributed by atoms with Gasteiger partial charge in [-0.15, -0.1) is 11.6 Å². The molecule has 1 aromatic carbocycles. The van der Waals surface area contributed by atoms with Crippen molar-refractivity contribution in [2.75, 3.05) is 37.7 Å². The third-order valence-corrected chi connectivity index (χ3v) is 4.41. The SMILES string of the molecule is O=C(NCCN1CCSCC1)c1cccc(CCl)c1. The van der Waals surface area contributed by atoms with E-state index in [9.17, 15) is 4.79 Å². The number of carbonyl (C=O) groups excluding carboxylic acids is 1. The topological polar surface area (TPSA) is 32.3 Å². The van der Waals surface area contributed by atoms with Gasteiger partial charge in [-0.05, 0) is 17.7 Å². The van der Waals surface area contributed by atoms with Crippen molar-refractivity contribution in [3.8, 4) is 0 Å². The standard InChI is InChI=1S/C14H19ClN2OS/c15-11-12-2-1-3-13(10-12)14(18)16-4-5-17-6-8-19-9-7-17/h1-3,10H,4-9,11H2,(H,16,18). The van der Waals surface area contributed by atoms with E-state index in [-0.39, 0.29) is 5.91 Å². The third kappa shape index (κ3) is 4.71. The Kier molecular flexibility index (Phi) is 6.01. The van der Waals surface area contributed by atoms with Crippen molar-refractivity contribution in [2.45, 2.75) is 5.88 Å². The molecule has 0 radical (unpaired) electrons. The quantitative estimate of drug-likeness (QED) is 0.846. The number of carbonyl (C=O) groups is 1. The summed E-state index contributed by atoms with van der Waals surface area (Å²) in [6, 6.07) is 7.46. The molecule has 5 heteroatoms. The Balaban J connectivity index is 1.77. The Morgan fingerprint density at radius 2 is 2.16 bits per heavy atom. The molecular weight excluding hydrogens is 280 g/mol. The second kappa shape index (κ2) is 7.78. The normalized spacial score (nSPS) is 16.3. The zero-order valence-corrected chi connectivity index (χ0v) is 12.5. The van der Waals surface area contributed by atoms with Gasteiger partial charge in [-0.25, -0.2) is 0 Å². The molecule has 1 saturated heterocycles. The van der Waals surface area contributed by atoms with Crippen LogP contribution >= 0.6 is 23.4 Å². The molecule has 3 nitrogen and oxygen atoms in total. The molecule has 1 aliphatic heterocycles. The van der Waals surface area contributed by atoms with E-state index in [2.05, 4.69) is 10.2 Å². The highest BCUT2D eigenvalue weighted by molar-refractivity contribution is 7.99. The number of rotatable bonds is 5. The van der Waals surface area contributed by atoms with Crippen molar-refractivity contribution >= 4 is 29.3 Å². The zero-order chi connectivity index (χ0) is 13.5. The highest BCUT2D eigenvalue weighted by Gasteiger charge is 2.10. The average molecular weight is 299 g/mol. The highest BCUT2D eigenvalue weighted by Crippen LogP contribution is 2.09. The van der Waals surface area contributed by atoms with Gasteiger partial charge in [0, 0.05) is 49.1 Å². The minimum atomic E-state index is -0.0154. The fourth-order valence-electron chi connectivity index (χ4n) is 2.05. The zero-order valence-electron chi connectivity index (χ0n) is 10.9. The van der Waals surface area contributed by atoms with Crippen molar-refractivity contribution in [2.24, 2.45) is 0 Å². The summed E-state index contributed by atoms with van der Waals surface area (Å²) in [7, 11) is 0. The van der Waals surface area contributed by atoms with Crippen molar-refractivity contribution in [1.82, 2.24) is 10.2 Å². The molecule has 2 rings (SSSR count). The molecule has 1 amide bonds. The van der Waals surface area contributed by atoms with Gasteiger partial charge in [0.05, 0.1) is 0 Å². The van der Waals surface area contributed by atoms with Gasteiger partial charge in [0.25, 0.3) is 5.91 Å². The van der Waals surface area contributed by atoms with Crippen LogP contribution in [0.3, 0.4) is 0 Å². The van der Waals surface area contributed by atoms with Crippen LogP contribution in [0.5, 0.6) is 0 Å². The number of benzene rings is 1. The Hall–Kier alpha value is -0.710. The number of thioether (sulfide) groups is 1. The van der Waals surface area contributed by atoms with E-state index < -0.39 is 0 Å². The van der Waals surface area contributed by atoms with E-state index in [1.165, 1.54) is 11.5 Å². The summed E-state index contributed by atoms with van der Waals surface area (Å²) in [5.41, 5.74) is 1.66. The summed E-state index contributed by atoms with van der Waals surface area (Å²) >= 11 is 7.77. The molecule has 1 aromatic rings. The van der Waals surface area contributed by atoms with Crippen molar-refractivity contribution in [1.29, 1.82) is 0 Å². The summed E-state index contributed by atoms with van der Waals surface area (Å²) in [6.07, 6.45) is 0. The summed E-state index contributed by atoms with van der Waals surface area (Å²) in [6.45, 7) is 3.89. The molecule has 0 bridgehead atoms. The summed E-state index contributed by atoms with van der Waals surface area (Å²) < 4.78 is 0. The summed E-state index contributed by atoms with van der Waals surface area (Å²) in [5.74, 6) is 2.82. The first-order chi connectivity index (χ1) is 9.29. The first kappa shape index (κ1) is 14.7. The van der Waals surface area contributed by atoms with Crippen LogP contribution in [-0.4, -0.2) is 48.5 Å². The number of nitrogens with one attached hydrogen (secondary N) is 1. The van der Waals surface area contributed by atoms with E-state index >= 15 is 0 Å². The van der Waals surface area contributed by atoms with Gasteiger partial charge >= 0.3 is 0 Å². The van der Waals surface area contributed by atoms with Gasteiger partial charge in [-0.1, -0.05) is 12.1 Å². The molecule has 1 N–H and O–H groups in total. The molecule has 0 aromatic heterocycles. The molecule has 0 spiro atoms. The molecule has 1 aliphatic rings. The van der Waals surface area contributed by atoms with Gasteiger partial charge in [0.1, 0.15) is 0 Å². The lowest BCUT2D eigenvalue weighted by Crippen LogP contribution is -2.39. The number of amides is 1. The Labute approximate surface area is 123 Å². The molecule has 19 heavy (non-hydrogen) atoms. The van der Waals surface area contributed by atoms with Crippen LogP contribution in [0.25, 0.3) is 0 Å². The fourth-order valence-corrected chi connectivity index (χ4v) is 3.20. The van der Waals surface area contributed by atoms with Crippen LogP contribution in [0.15, 0.2) is 24.3 Å². The Bertz CT molecular complexity index is 422. The molecule has 0 atom stereocenters. The number of hydrogen-bond acceptors (Lipinski definition) is 3.